The number of hydrogen-bond donors (Lipinski definition) is 0. The summed E-state index contributed by atoms with van der Waals surface area (Å²) in [6, 6.07) is 0. The third-order valence-corrected chi connectivity index (χ3v) is 3.45. The molecule has 60 valence electrons. The molecule has 3 heteroatoms. The van der Waals surface area contributed by atoms with Gasteiger partial charge in [0.2, 0.25) is 0 Å². The lowest BCUT2D eigenvalue weighted by Crippen LogP contribution is -2.46. The summed E-state index contributed by atoms with van der Waals surface area (Å²) in [7, 11) is 2.03. The first-order valence-corrected chi connectivity index (χ1v) is 5.02. The molecule has 1 aliphatic rings. The minimum Gasteiger partial charge on any atom is -0.615 e. The van der Waals surface area contributed by atoms with Crippen LogP contribution in [0.2, 0.25) is 0 Å². The molecule has 1 unspecified atom stereocenters. The zero-order chi connectivity index (χ0) is 7.78. The Balaban J connectivity index is 2.51. The van der Waals surface area contributed by atoms with Gasteiger partial charge in [0, 0.05) is 12.0 Å². The first-order chi connectivity index (χ1) is 4.49. The minimum atomic E-state index is -0.614. The van der Waals surface area contributed by atoms with Crippen LogP contribution in [0.4, 0.5) is 0 Å². The zero-order valence-corrected chi connectivity index (χ0v) is 7.70. The van der Waals surface area contributed by atoms with E-state index in [-0.39, 0.29) is 5.41 Å². The van der Waals surface area contributed by atoms with E-state index in [9.17, 15) is 4.55 Å². The summed E-state index contributed by atoms with van der Waals surface area (Å²) in [4.78, 5) is 2.14. The van der Waals surface area contributed by atoms with Crippen LogP contribution in [-0.4, -0.2) is 34.7 Å². The summed E-state index contributed by atoms with van der Waals surface area (Å²) in [6.07, 6.45) is 0. The first-order valence-electron chi connectivity index (χ1n) is 3.53. The van der Waals surface area contributed by atoms with Crippen molar-refractivity contribution in [3.8, 4) is 0 Å². The highest BCUT2D eigenvalue weighted by Gasteiger charge is 2.32. The highest BCUT2D eigenvalue weighted by atomic mass is 32.2. The Labute approximate surface area is 65.8 Å². The maximum absolute atomic E-state index is 11.2. The van der Waals surface area contributed by atoms with Crippen molar-refractivity contribution in [2.75, 3.05) is 25.2 Å². The van der Waals surface area contributed by atoms with Gasteiger partial charge in [-0.05, 0) is 18.2 Å². The summed E-state index contributed by atoms with van der Waals surface area (Å²) in [5.41, 5.74) is 0.248. The van der Waals surface area contributed by atoms with Gasteiger partial charge in [-0.15, -0.1) is 0 Å². The molecular formula is C7H15NOS. The van der Waals surface area contributed by atoms with Crippen molar-refractivity contribution < 1.29 is 4.55 Å². The minimum absolute atomic E-state index is 0.248. The Morgan fingerprint density at radius 2 is 2.10 bits per heavy atom. The maximum Gasteiger partial charge on any atom is 0.159 e. The summed E-state index contributed by atoms with van der Waals surface area (Å²) in [5, 5.41) is 0. The van der Waals surface area contributed by atoms with Crippen LogP contribution in [0.25, 0.3) is 0 Å². The van der Waals surface area contributed by atoms with Gasteiger partial charge in [0.15, 0.2) is 5.88 Å². The third kappa shape index (κ3) is 2.15. The molecule has 0 aliphatic carbocycles. The molecule has 10 heavy (non-hydrogen) atoms. The Bertz CT molecular complexity index is 115. The van der Waals surface area contributed by atoms with E-state index in [0.717, 1.165) is 18.2 Å². The fourth-order valence-electron chi connectivity index (χ4n) is 1.55. The smallest absolute Gasteiger partial charge is 0.159 e. The quantitative estimate of drug-likeness (QED) is 0.488. The molecule has 1 fully saturated rings. The van der Waals surface area contributed by atoms with Gasteiger partial charge in [-0.2, -0.15) is 0 Å². The van der Waals surface area contributed by atoms with Crippen molar-refractivity contribution in [2.24, 2.45) is 5.41 Å². The van der Waals surface area contributed by atoms with Crippen molar-refractivity contribution in [3.05, 3.63) is 0 Å². The standard InChI is InChI=1S/C7H15NOS/c1-7(2)4-8(3)6-10(9)5-7/h4-6H2,1-3H3. The van der Waals surface area contributed by atoms with Crippen LogP contribution in [-0.2, 0) is 11.2 Å². The van der Waals surface area contributed by atoms with E-state index in [1.165, 1.54) is 0 Å². The average molecular weight is 161 g/mol. The van der Waals surface area contributed by atoms with E-state index in [4.69, 9.17) is 0 Å². The second kappa shape index (κ2) is 2.72. The Kier molecular flexibility index (Phi) is 2.28. The molecule has 0 aromatic heterocycles. The molecule has 2 nitrogen and oxygen atoms in total. The van der Waals surface area contributed by atoms with Crippen molar-refractivity contribution in [2.45, 2.75) is 13.8 Å². The number of rotatable bonds is 0. The first kappa shape index (κ1) is 8.37. The van der Waals surface area contributed by atoms with Crippen LogP contribution in [0.15, 0.2) is 0 Å². The molecule has 0 saturated carbocycles. The highest BCUT2D eigenvalue weighted by Crippen LogP contribution is 2.24. The lowest BCUT2D eigenvalue weighted by molar-refractivity contribution is 0.235. The van der Waals surface area contributed by atoms with E-state index in [1.807, 2.05) is 7.05 Å². The molecule has 1 saturated heterocycles. The van der Waals surface area contributed by atoms with E-state index < -0.39 is 11.2 Å². The van der Waals surface area contributed by atoms with E-state index in [2.05, 4.69) is 18.7 Å². The SMILES string of the molecule is CN1C[S+]([O-])CC(C)(C)C1. The third-order valence-electron chi connectivity index (χ3n) is 1.61. The van der Waals surface area contributed by atoms with Crippen molar-refractivity contribution in [1.29, 1.82) is 0 Å². The molecule has 1 rings (SSSR count). The molecule has 1 aliphatic heterocycles. The van der Waals surface area contributed by atoms with Gasteiger partial charge in [-0.25, -0.2) is 0 Å². The zero-order valence-electron chi connectivity index (χ0n) is 6.89. The van der Waals surface area contributed by atoms with Crippen LogP contribution in [0.5, 0.6) is 0 Å². The summed E-state index contributed by atoms with van der Waals surface area (Å²) < 4.78 is 11.2. The van der Waals surface area contributed by atoms with Crippen LogP contribution >= 0.6 is 0 Å². The van der Waals surface area contributed by atoms with Crippen LogP contribution in [0.3, 0.4) is 0 Å². The van der Waals surface area contributed by atoms with Gasteiger partial charge in [0.1, 0.15) is 5.75 Å². The van der Waals surface area contributed by atoms with Crippen molar-refractivity contribution >= 4 is 11.2 Å². The molecule has 0 bridgehead atoms. The summed E-state index contributed by atoms with van der Waals surface area (Å²) in [6.45, 7) is 5.40. The molecule has 0 radical (unpaired) electrons. The summed E-state index contributed by atoms with van der Waals surface area (Å²) >= 11 is -0.614. The topological polar surface area (TPSA) is 26.3 Å². The average Bonchev–Trinajstić information content (AvgIpc) is 1.54. The predicted molar refractivity (Wildman–Crippen MR) is 44.3 cm³/mol. The molecule has 0 amide bonds. The van der Waals surface area contributed by atoms with Gasteiger partial charge in [0.05, 0.1) is 0 Å². The lowest BCUT2D eigenvalue weighted by Gasteiger charge is -2.36. The van der Waals surface area contributed by atoms with Crippen LogP contribution in [0, 0.1) is 5.41 Å². The molecule has 0 N–H and O–H groups in total. The number of hydrogen-bond acceptors (Lipinski definition) is 2. The highest BCUT2D eigenvalue weighted by molar-refractivity contribution is 7.91. The van der Waals surface area contributed by atoms with E-state index in [1.54, 1.807) is 0 Å². The van der Waals surface area contributed by atoms with Gasteiger partial charge >= 0.3 is 0 Å². The maximum atomic E-state index is 11.2. The molecular weight excluding hydrogens is 146 g/mol. The Morgan fingerprint density at radius 3 is 2.50 bits per heavy atom. The fraction of sp³-hybridized carbons (Fsp3) is 1.00. The molecule has 1 atom stereocenters. The normalized spacial score (nSPS) is 34.2. The lowest BCUT2D eigenvalue weighted by atomic mass is 9.96. The van der Waals surface area contributed by atoms with Gasteiger partial charge in [-0.1, -0.05) is 13.8 Å². The van der Waals surface area contributed by atoms with Crippen LogP contribution < -0.4 is 0 Å². The van der Waals surface area contributed by atoms with Crippen molar-refractivity contribution in [3.63, 3.8) is 0 Å². The Morgan fingerprint density at radius 1 is 1.50 bits per heavy atom. The summed E-state index contributed by atoms with van der Waals surface area (Å²) in [5.74, 6) is 1.61. The van der Waals surface area contributed by atoms with E-state index >= 15 is 0 Å². The monoisotopic (exact) mass is 161 g/mol. The van der Waals surface area contributed by atoms with E-state index in [0.29, 0.717) is 0 Å². The number of nitrogens with zero attached hydrogens (tertiary/aromatic N) is 1. The van der Waals surface area contributed by atoms with Gasteiger partial charge < -0.3 is 4.55 Å². The van der Waals surface area contributed by atoms with Gasteiger partial charge in [-0.3, -0.25) is 4.90 Å². The Hall–Kier alpha value is 0.270. The molecule has 0 aromatic carbocycles. The largest absolute Gasteiger partial charge is 0.615 e. The van der Waals surface area contributed by atoms with Crippen molar-refractivity contribution in [1.82, 2.24) is 4.90 Å². The van der Waals surface area contributed by atoms with Gasteiger partial charge in [0.25, 0.3) is 0 Å². The fourth-order valence-corrected chi connectivity index (χ4v) is 3.19. The predicted octanol–water partition coefficient (Wildman–Crippen LogP) is 0.664. The molecule has 1 heterocycles. The molecule has 0 aromatic rings. The second-order valence-corrected chi connectivity index (χ2v) is 5.32. The second-order valence-electron chi connectivity index (χ2n) is 3.89. The molecule has 0 spiro atoms. The van der Waals surface area contributed by atoms with Crippen LogP contribution in [0.1, 0.15) is 13.8 Å².